The van der Waals surface area contributed by atoms with Crippen LogP contribution in [-0.2, 0) is 6.54 Å². The largest absolute Gasteiger partial charge is 0.304 e. The highest BCUT2D eigenvalue weighted by molar-refractivity contribution is 6.18. The molecule has 0 aromatic carbocycles. The highest BCUT2D eigenvalue weighted by atomic mass is 35.5. The van der Waals surface area contributed by atoms with Crippen LogP contribution in [0, 0.1) is 0 Å². The Hall–Kier alpha value is -0.540. The summed E-state index contributed by atoms with van der Waals surface area (Å²) in [5.41, 5.74) is 1.26. The maximum Gasteiger partial charge on any atom is 0.0762 e. The van der Waals surface area contributed by atoms with E-state index in [-0.39, 0.29) is 5.54 Å². The lowest BCUT2D eigenvalue weighted by Crippen LogP contribution is -2.44. The molecule has 4 heteroatoms. The first-order valence-corrected chi connectivity index (χ1v) is 7.04. The molecule has 1 aliphatic carbocycles. The third kappa shape index (κ3) is 3.02. The lowest BCUT2D eigenvalue weighted by atomic mass is 10.0. The number of alkyl halides is 1. The summed E-state index contributed by atoms with van der Waals surface area (Å²) in [6.07, 6.45) is 7.02. The van der Waals surface area contributed by atoms with Gasteiger partial charge in [-0.25, -0.2) is 0 Å². The lowest BCUT2D eigenvalue weighted by Gasteiger charge is -2.27. The molecule has 1 aliphatic rings. The van der Waals surface area contributed by atoms with Crippen molar-refractivity contribution in [1.29, 1.82) is 0 Å². The van der Waals surface area contributed by atoms with Gasteiger partial charge in [-0.2, -0.15) is 5.10 Å². The summed E-state index contributed by atoms with van der Waals surface area (Å²) in [4.78, 5) is 0. The minimum Gasteiger partial charge on any atom is -0.304 e. The van der Waals surface area contributed by atoms with Gasteiger partial charge in [0.05, 0.1) is 5.69 Å². The van der Waals surface area contributed by atoms with Crippen LogP contribution in [-0.4, -0.2) is 21.2 Å². The van der Waals surface area contributed by atoms with Crippen LogP contribution in [0.25, 0.3) is 0 Å². The standard InChI is InChI=1S/C13H22ClN3/c1-11(2)17-8-5-12(16-17)9-15-13(10-14)6-3-4-7-13/h5,8,11,15H,3-4,6-7,9-10H2,1-2H3. The molecule has 0 spiro atoms. The monoisotopic (exact) mass is 255 g/mol. The molecule has 0 aliphatic heterocycles. The molecule has 96 valence electrons. The van der Waals surface area contributed by atoms with Crippen molar-refractivity contribution in [1.82, 2.24) is 15.1 Å². The Morgan fingerprint density at radius 3 is 2.71 bits per heavy atom. The van der Waals surface area contributed by atoms with Gasteiger partial charge < -0.3 is 5.32 Å². The zero-order valence-electron chi connectivity index (χ0n) is 10.7. The highest BCUT2D eigenvalue weighted by Crippen LogP contribution is 2.30. The molecule has 1 saturated carbocycles. The summed E-state index contributed by atoms with van der Waals surface area (Å²) in [5, 5.41) is 8.15. The molecule has 0 amide bonds. The number of hydrogen-bond acceptors (Lipinski definition) is 2. The fraction of sp³-hybridized carbons (Fsp3) is 0.769. The summed E-state index contributed by atoms with van der Waals surface area (Å²) in [5.74, 6) is 0.706. The Balaban J connectivity index is 1.92. The van der Waals surface area contributed by atoms with Gasteiger partial charge in [0.15, 0.2) is 0 Å². The van der Waals surface area contributed by atoms with Crippen LogP contribution in [0.4, 0.5) is 0 Å². The van der Waals surface area contributed by atoms with Crippen molar-refractivity contribution >= 4 is 11.6 Å². The second-order valence-electron chi connectivity index (χ2n) is 5.36. The van der Waals surface area contributed by atoms with Crippen LogP contribution in [0.2, 0.25) is 0 Å². The van der Waals surface area contributed by atoms with E-state index >= 15 is 0 Å². The van der Waals surface area contributed by atoms with Gasteiger partial charge in [-0.15, -0.1) is 11.6 Å². The van der Waals surface area contributed by atoms with Gasteiger partial charge in [-0.05, 0) is 32.8 Å². The predicted molar refractivity (Wildman–Crippen MR) is 71.4 cm³/mol. The Labute approximate surface area is 109 Å². The van der Waals surface area contributed by atoms with E-state index in [2.05, 4.69) is 30.3 Å². The second kappa shape index (κ2) is 5.40. The fourth-order valence-corrected chi connectivity index (χ4v) is 2.81. The summed E-state index contributed by atoms with van der Waals surface area (Å²) < 4.78 is 2.00. The fourth-order valence-electron chi connectivity index (χ4n) is 2.45. The van der Waals surface area contributed by atoms with Crippen molar-refractivity contribution in [2.24, 2.45) is 0 Å². The van der Waals surface area contributed by atoms with E-state index in [0.717, 1.165) is 12.2 Å². The Bertz CT molecular complexity index is 353. The van der Waals surface area contributed by atoms with Crippen LogP contribution < -0.4 is 5.32 Å². The molecule has 0 saturated heterocycles. The van der Waals surface area contributed by atoms with E-state index in [1.807, 2.05) is 10.9 Å². The lowest BCUT2D eigenvalue weighted by molar-refractivity contribution is 0.364. The molecule has 1 fully saturated rings. The first-order valence-electron chi connectivity index (χ1n) is 6.50. The molecule has 1 aromatic rings. The van der Waals surface area contributed by atoms with Crippen molar-refractivity contribution in [2.45, 2.75) is 57.7 Å². The summed E-state index contributed by atoms with van der Waals surface area (Å²) in [6.45, 7) is 5.11. The average molecular weight is 256 g/mol. The molecule has 1 heterocycles. The van der Waals surface area contributed by atoms with Crippen molar-refractivity contribution in [3.05, 3.63) is 18.0 Å². The van der Waals surface area contributed by atoms with E-state index in [1.54, 1.807) is 0 Å². The van der Waals surface area contributed by atoms with Gasteiger partial charge in [-0.3, -0.25) is 4.68 Å². The normalized spacial score (nSPS) is 19.1. The Kier molecular flexibility index (Phi) is 4.10. The molecule has 3 nitrogen and oxygen atoms in total. The van der Waals surface area contributed by atoms with E-state index in [4.69, 9.17) is 11.6 Å². The van der Waals surface area contributed by atoms with Crippen molar-refractivity contribution < 1.29 is 0 Å². The van der Waals surface area contributed by atoms with Gasteiger partial charge in [0.1, 0.15) is 0 Å². The molecule has 0 radical (unpaired) electrons. The maximum absolute atomic E-state index is 6.10. The first kappa shape index (κ1) is 12.9. The van der Waals surface area contributed by atoms with Crippen LogP contribution in [0.15, 0.2) is 12.3 Å². The topological polar surface area (TPSA) is 29.9 Å². The van der Waals surface area contributed by atoms with Gasteiger partial charge in [0, 0.05) is 30.2 Å². The second-order valence-corrected chi connectivity index (χ2v) is 5.62. The van der Waals surface area contributed by atoms with Gasteiger partial charge in [0.25, 0.3) is 0 Å². The first-order chi connectivity index (χ1) is 8.15. The molecule has 1 N–H and O–H groups in total. The number of aromatic nitrogens is 2. The molecule has 2 rings (SSSR count). The van der Waals surface area contributed by atoms with Crippen molar-refractivity contribution in [3.8, 4) is 0 Å². The predicted octanol–water partition coefficient (Wildman–Crippen LogP) is 3.11. The third-order valence-corrected chi connectivity index (χ3v) is 4.17. The minimum absolute atomic E-state index is 0.156. The van der Waals surface area contributed by atoms with Crippen LogP contribution >= 0.6 is 11.6 Å². The molecule has 1 aromatic heterocycles. The average Bonchev–Trinajstić information content (AvgIpc) is 2.96. The molecular weight excluding hydrogens is 234 g/mol. The zero-order valence-corrected chi connectivity index (χ0v) is 11.5. The Morgan fingerprint density at radius 1 is 1.47 bits per heavy atom. The van der Waals surface area contributed by atoms with Crippen LogP contribution in [0.1, 0.15) is 51.3 Å². The third-order valence-electron chi connectivity index (χ3n) is 3.65. The number of nitrogens with one attached hydrogen (secondary N) is 1. The molecule has 17 heavy (non-hydrogen) atoms. The smallest absolute Gasteiger partial charge is 0.0762 e. The number of nitrogens with zero attached hydrogens (tertiary/aromatic N) is 2. The maximum atomic E-state index is 6.10. The van der Waals surface area contributed by atoms with E-state index < -0.39 is 0 Å². The quantitative estimate of drug-likeness (QED) is 0.820. The Morgan fingerprint density at radius 2 is 2.18 bits per heavy atom. The SMILES string of the molecule is CC(C)n1ccc(CNC2(CCl)CCCC2)n1. The van der Waals surface area contributed by atoms with Crippen LogP contribution in [0.5, 0.6) is 0 Å². The zero-order chi connectivity index (χ0) is 12.3. The van der Waals surface area contributed by atoms with Crippen molar-refractivity contribution in [3.63, 3.8) is 0 Å². The highest BCUT2D eigenvalue weighted by Gasteiger charge is 2.32. The molecule has 0 unspecified atom stereocenters. The molecule has 0 bridgehead atoms. The van der Waals surface area contributed by atoms with Crippen molar-refractivity contribution in [2.75, 3.05) is 5.88 Å². The summed E-state index contributed by atoms with van der Waals surface area (Å²) in [7, 11) is 0. The molecular formula is C13H22ClN3. The van der Waals surface area contributed by atoms with Gasteiger partial charge in [-0.1, -0.05) is 12.8 Å². The van der Waals surface area contributed by atoms with E-state index in [0.29, 0.717) is 11.9 Å². The minimum atomic E-state index is 0.156. The number of rotatable bonds is 5. The number of halogens is 1. The van der Waals surface area contributed by atoms with Gasteiger partial charge in [0.2, 0.25) is 0 Å². The van der Waals surface area contributed by atoms with E-state index in [9.17, 15) is 0 Å². The summed E-state index contributed by atoms with van der Waals surface area (Å²) in [6, 6.07) is 2.52. The number of hydrogen-bond donors (Lipinski definition) is 1. The molecule has 0 atom stereocenters. The van der Waals surface area contributed by atoms with Gasteiger partial charge >= 0.3 is 0 Å². The summed E-state index contributed by atoms with van der Waals surface area (Å²) >= 11 is 6.10. The van der Waals surface area contributed by atoms with E-state index in [1.165, 1.54) is 25.7 Å². The van der Waals surface area contributed by atoms with Crippen LogP contribution in [0.3, 0.4) is 0 Å².